The maximum Gasteiger partial charge on any atom is 0.137 e. The average molecular weight is 234 g/mol. The zero-order chi connectivity index (χ0) is 12.3. The van der Waals surface area contributed by atoms with Crippen LogP contribution in [0.25, 0.3) is 0 Å². The molecule has 3 heteroatoms. The van der Waals surface area contributed by atoms with E-state index in [0.717, 1.165) is 24.1 Å². The number of ether oxygens (including phenoxy) is 1. The van der Waals surface area contributed by atoms with E-state index in [-0.39, 0.29) is 0 Å². The molecule has 1 aliphatic carbocycles. The molecule has 0 spiro atoms. The van der Waals surface area contributed by atoms with Crippen molar-refractivity contribution in [2.45, 2.75) is 33.2 Å². The minimum absolute atomic E-state index is 0.433. The molecule has 1 N–H and O–H groups in total. The van der Waals surface area contributed by atoms with Crippen LogP contribution in [0.4, 0.5) is 0 Å². The molecule has 1 saturated carbocycles. The van der Waals surface area contributed by atoms with Gasteiger partial charge in [0.05, 0.1) is 12.8 Å². The lowest BCUT2D eigenvalue weighted by molar-refractivity contribution is 0.337. The van der Waals surface area contributed by atoms with E-state index in [1.807, 2.05) is 13.1 Å². The van der Waals surface area contributed by atoms with Crippen LogP contribution in [0.5, 0.6) is 5.75 Å². The van der Waals surface area contributed by atoms with Gasteiger partial charge < -0.3 is 10.1 Å². The standard InChI is InChI=1S/C14H22N2O/c1-4-16-14(13-6-10(13)3)11-7-12(17-5-2)9-15-8-11/h7-10,13-14,16H,4-6H2,1-3H3. The Labute approximate surface area is 104 Å². The van der Waals surface area contributed by atoms with Crippen LogP contribution in [-0.2, 0) is 0 Å². The van der Waals surface area contributed by atoms with Gasteiger partial charge in [0.25, 0.3) is 0 Å². The summed E-state index contributed by atoms with van der Waals surface area (Å²) in [7, 11) is 0. The first-order valence-corrected chi connectivity index (χ1v) is 6.57. The molecule has 1 aromatic rings. The van der Waals surface area contributed by atoms with E-state index >= 15 is 0 Å². The molecule has 0 aliphatic heterocycles. The van der Waals surface area contributed by atoms with Crippen molar-refractivity contribution in [3.8, 4) is 5.75 Å². The third kappa shape index (κ3) is 2.97. The Morgan fingerprint density at radius 2 is 2.24 bits per heavy atom. The lowest BCUT2D eigenvalue weighted by atomic mass is 10.0. The van der Waals surface area contributed by atoms with E-state index in [1.54, 1.807) is 6.20 Å². The van der Waals surface area contributed by atoms with Crippen LogP contribution in [0.1, 0.15) is 38.8 Å². The molecule has 1 heterocycles. The summed E-state index contributed by atoms with van der Waals surface area (Å²) in [5.41, 5.74) is 1.26. The minimum atomic E-state index is 0.433. The highest BCUT2D eigenvalue weighted by Crippen LogP contribution is 2.47. The second-order valence-electron chi connectivity index (χ2n) is 4.80. The summed E-state index contributed by atoms with van der Waals surface area (Å²) in [5.74, 6) is 2.46. The lowest BCUT2D eigenvalue weighted by Gasteiger charge is -2.18. The minimum Gasteiger partial charge on any atom is -0.492 e. The summed E-state index contributed by atoms with van der Waals surface area (Å²) < 4.78 is 5.51. The zero-order valence-corrected chi connectivity index (χ0v) is 10.9. The fraction of sp³-hybridized carbons (Fsp3) is 0.643. The van der Waals surface area contributed by atoms with Gasteiger partial charge in [0, 0.05) is 12.2 Å². The predicted molar refractivity (Wildman–Crippen MR) is 69.1 cm³/mol. The van der Waals surface area contributed by atoms with Crippen LogP contribution in [0.15, 0.2) is 18.5 Å². The molecule has 17 heavy (non-hydrogen) atoms. The third-order valence-corrected chi connectivity index (χ3v) is 3.43. The molecular weight excluding hydrogens is 212 g/mol. The highest BCUT2D eigenvalue weighted by Gasteiger charge is 2.39. The third-order valence-electron chi connectivity index (χ3n) is 3.43. The highest BCUT2D eigenvalue weighted by molar-refractivity contribution is 5.27. The van der Waals surface area contributed by atoms with Crippen LogP contribution in [0.3, 0.4) is 0 Å². The van der Waals surface area contributed by atoms with Gasteiger partial charge in [-0.05, 0) is 43.4 Å². The first-order chi connectivity index (χ1) is 8.26. The fourth-order valence-electron chi connectivity index (χ4n) is 2.40. The van der Waals surface area contributed by atoms with E-state index in [9.17, 15) is 0 Å². The summed E-state index contributed by atoms with van der Waals surface area (Å²) in [4.78, 5) is 4.28. The Bertz CT molecular complexity index is 367. The van der Waals surface area contributed by atoms with Gasteiger partial charge in [0.15, 0.2) is 0 Å². The molecule has 0 amide bonds. The summed E-state index contributed by atoms with van der Waals surface area (Å²) in [6.07, 6.45) is 5.06. The van der Waals surface area contributed by atoms with Gasteiger partial charge >= 0.3 is 0 Å². The molecule has 0 radical (unpaired) electrons. The number of hydrogen-bond acceptors (Lipinski definition) is 3. The van der Waals surface area contributed by atoms with Gasteiger partial charge in [-0.15, -0.1) is 0 Å². The molecule has 1 fully saturated rings. The molecule has 1 aliphatic rings. The Hall–Kier alpha value is -1.09. The molecule has 1 aromatic heterocycles. The summed E-state index contributed by atoms with van der Waals surface area (Å²) in [6.45, 7) is 8.15. The Balaban J connectivity index is 2.14. The summed E-state index contributed by atoms with van der Waals surface area (Å²) in [5, 5.41) is 3.57. The quantitative estimate of drug-likeness (QED) is 0.822. The Morgan fingerprint density at radius 3 is 2.82 bits per heavy atom. The van der Waals surface area contributed by atoms with Crippen LogP contribution in [0, 0.1) is 11.8 Å². The van der Waals surface area contributed by atoms with Gasteiger partial charge in [-0.1, -0.05) is 13.8 Å². The van der Waals surface area contributed by atoms with Crippen molar-refractivity contribution < 1.29 is 4.74 Å². The molecule has 3 unspecified atom stereocenters. The summed E-state index contributed by atoms with van der Waals surface area (Å²) in [6, 6.07) is 2.55. The number of hydrogen-bond donors (Lipinski definition) is 1. The number of nitrogens with one attached hydrogen (secondary N) is 1. The van der Waals surface area contributed by atoms with Crippen LogP contribution >= 0.6 is 0 Å². The molecule has 94 valence electrons. The molecule has 3 atom stereocenters. The second kappa shape index (κ2) is 5.50. The molecular formula is C14H22N2O. The van der Waals surface area contributed by atoms with Gasteiger partial charge in [-0.25, -0.2) is 0 Å². The van der Waals surface area contributed by atoms with Crippen molar-refractivity contribution in [3.05, 3.63) is 24.0 Å². The molecule has 0 saturated heterocycles. The van der Waals surface area contributed by atoms with E-state index in [0.29, 0.717) is 12.6 Å². The van der Waals surface area contributed by atoms with Gasteiger partial charge in [-0.3, -0.25) is 4.98 Å². The zero-order valence-electron chi connectivity index (χ0n) is 10.9. The van der Waals surface area contributed by atoms with Gasteiger partial charge in [-0.2, -0.15) is 0 Å². The van der Waals surface area contributed by atoms with Crippen molar-refractivity contribution in [1.29, 1.82) is 0 Å². The number of pyridine rings is 1. The van der Waals surface area contributed by atoms with Gasteiger partial charge in [0.2, 0.25) is 0 Å². The van der Waals surface area contributed by atoms with E-state index in [2.05, 4.69) is 30.2 Å². The molecule has 2 rings (SSSR count). The fourth-order valence-corrected chi connectivity index (χ4v) is 2.40. The number of aromatic nitrogens is 1. The van der Waals surface area contributed by atoms with Crippen LogP contribution in [-0.4, -0.2) is 18.1 Å². The first-order valence-electron chi connectivity index (χ1n) is 6.57. The summed E-state index contributed by atoms with van der Waals surface area (Å²) >= 11 is 0. The monoisotopic (exact) mass is 234 g/mol. The second-order valence-corrected chi connectivity index (χ2v) is 4.80. The van der Waals surface area contributed by atoms with E-state index in [1.165, 1.54) is 12.0 Å². The SMILES string of the molecule is CCNC(c1cncc(OCC)c1)C1CC1C. The van der Waals surface area contributed by atoms with Crippen LogP contribution < -0.4 is 10.1 Å². The van der Waals surface area contributed by atoms with Crippen molar-refractivity contribution in [1.82, 2.24) is 10.3 Å². The smallest absolute Gasteiger partial charge is 0.137 e. The van der Waals surface area contributed by atoms with Crippen LogP contribution in [0.2, 0.25) is 0 Å². The van der Waals surface area contributed by atoms with Crippen molar-refractivity contribution in [2.75, 3.05) is 13.2 Å². The first kappa shape index (κ1) is 12.4. The topological polar surface area (TPSA) is 34.2 Å². The van der Waals surface area contributed by atoms with E-state index < -0.39 is 0 Å². The van der Waals surface area contributed by atoms with Gasteiger partial charge in [0.1, 0.15) is 5.75 Å². The molecule has 0 aromatic carbocycles. The highest BCUT2D eigenvalue weighted by atomic mass is 16.5. The van der Waals surface area contributed by atoms with E-state index in [4.69, 9.17) is 4.74 Å². The molecule has 3 nitrogen and oxygen atoms in total. The van der Waals surface area contributed by atoms with Crippen molar-refractivity contribution in [2.24, 2.45) is 11.8 Å². The van der Waals surface area contributed by atoms with Crippen molar-refractivity contribution in [3.63, 3.8) is 0 Å². The lowest BCUT2D eigenvalue weighted by Crippen LogP contribution is -2.23. The maximum absolute atomic E-state index is 5.51. The predicted octanol–water partition coefficient (Wildman–Crippen LogP) is 2.79. The van der Waals surface area contributed by atoms with Crippen molar-refractivity contribution >= 4 is 0 Å². The largest absolute Gasteiger partial charge is 0.492 e. The Kier molecular flexibility index (Phi) is 4.00. The number of rotatable bonds is 6. The normalized spacial score (nSPS) is 24.4. The molecule has 0 bridgehead atoms. The number of nitrogens with zero attached hydrogens (tertiary/aromatic N) is 1. The Morgan fingerprint density at radius 1 is 1.47 bits per heavy atom. The maximum atomic E-state index is 5.51. The average Bonchev–Trinajstić information content (AvgIpc) is 3.04.